The highest BCUT2D eigenvalue weighted by molar-refractivity contribution is 7.80. The highest BCUT2D eigenvalue weighted by atomic mass is 32.1. The van der Waals surface area contributed by atoms with Crippen molar-refractivity contribution in [3.63, 3.8) is 0 Å². The zero-order chi connectivity index (χ0) is 21.5. The molecule has 0 aliphatic heterocycles. The minimum atomic E-state index is -0.528. The Hall–Kier alpha value is -3.23. The molecule has 31 heavy (non-hydrogen) atoms. The van der Waals surface area contributed by atoms with Crippen LogP contribution in [0.5, 0.6) is 0 Å². The average molecular weight is 446 g/mol. The Balaban J connectivity index is 1.71. The maximum atomic E-state index is 12.7. The molecule has 5 aromatic rings. The van der Waals surface area contributed by atoms with Crippen LogP contribution in [-0.4, -0.2) is 24.1 Å². The van der Waals surface area contributed by atoms with Crippen molar-refractivity contribution in [2.24, 2.45) is 0 Å². The van der Waals surface area contributed by atoms with Crippen LogP contribution in [0, 0.1) is 13.8 Å². The number of thiophene rings is 1. The zero-order valence-corrected chi connectivity index (χ0v) is 18.6. The molecule has 1 aromatic carbocycles. The Morgan fingerprint density at radius 3 is 2.65 bits per heavy atom. The van der Waals surface area contributed by atoms with E-state index in [4.69, 9.17) is 17.6 Å². The number of benzene rings is 1. The fourth-order valence-corrected chi connectivity index (χ4v) is 4.59. The lowest BCUT2D eigenvalue weighted by molar-refractivity contribution is 0.862. The lowest BCUT2D eigenvalue weighted by Gasteiger charge is -2.16. The molecule has 8 heteroatoms. The van der Waals surface area contributed by atoms with Crippen LogP contribution >= 0.6 is 24.0 Å². The first kappa shape index (κ1) is 19.7. The molecule has 5 rings (SSSR count). The summed E-state index contributed by atoms with van der Waals surface area (Å²) in [6.07, 6.45) is 1.78. The van der Waals surface area contributed by atoms with Crippen LogP contribution in [0.25, 0.3) is 22.0 Å². The first-order valence-electron chi connectivity index (χ1n) is 9.76. The van der Waals surface area contributed by atoms with Gasteiger partial charge in [0.05, 0.1) is 16.3 Å². The second-order valence-corrected chi connectivity index (χ2v) is 8.80. The highest BCUT2D eigenvalue weighted by Gasteiger charge is 2.25. The quantitative estimate of drug-likeness (QED) is 0.409. The molecule has 0 aliphatic carbocycles. The molecule has 0 amide bonds. The minimum Gasteiger partial charge on any atom is -0.277 e. The molecule has 1 atom stereocenters. The van der Waals surface area contributed by atoms with Crippen molar-refractivity contribution < 1.29 is 0 Å². The SMILES string of the molecule is Cc1ccc2nc(C(S)c3nnc(-c4cccs4)n3-c3ccccc3C)cc(=O)n2c1. The average Bonchev–Trinajstić information content (AvgIpc) is 3.44. The van der Waals surface area contributed by atoms with Gasteiger partial charge >= 0.3 is 0 Å². The van der Waals surface area contributed by atoms with Gasteiger partial charge in [0, 0.05) is 12.3 Å². The molecule has 0 spiro atoms. The minimum absolute atomic E-state index is 0.150. The molecule has 4 heterocycles. The second-order valence-electron chi connectivity index (χ2n) is 7.34. The van der Waals surface area contributed by atoms with Crippen LogP contribution in [-0.2, 0) is 0 Å². The largest absolute Gasteiger partial charge is 0.277 e. The van der Waals surface area contributed by atoms with Gasteiger partial charge in [0.15, 0.2) is 11.6 Å². The molecule has 0 saturated carbocycles. The van der Waals surface area contributed by atoms with Crippen molar-refractivity contribution in [2.45, 2.75) is 19.1 Å². The Bertz CT molecular complexity index is 1450. The number of hydrogen-bond acceptors (Lipinski definition) is 6. The summed E-state index contributed by atoms with van der Waals surface area (Å²) in [4.78, 5) is 18.4. The molecule has 0 fully saturated rings. The first-order valence-corrected chi connectivity index (χ1v) is 11.2. The molecule has 6 nitrogen and oxygen atoms in total. The van der Waals surface area contributed by atoms with Crippen LogP contribution in [0.3, 0.4) is 0 Å². The monoisotopic (exact) mass is 445 g/mol. The third-order valence-electron chi connectivity index (χ3n) is 5.14. The van der Waals surface area contributed by atoms with Crippen molar-refractivity contribution in [3.05, 3.63) is 99.2 Å². The number of aromatic nitrogens is 5. The van der Waals surface area contributed by atoms with E-state index in [1.807, 2.05) is 72.3 Å². The van der Waals surface area contributed by atoms with Gasteiger partial charge in [-0.25, -0.2) is 4.98 Å². The summed E-state index contributed by atoms with van der Waals surface area (Å²) < 4.78 is 3.56. The molecular formula is C23H19N5OS2. The van der Waals surface area contributed by atoms with Crippen molar-refractivity contribution in [1.82, 2.24) is 24.1 Å². The molecule has 1 unspecified atom stereocenters. The standard InChI is InChI=1S/C23H19N5OS2/c1-14-9-10-19-24-16(12-20(29)27(19)13-14)21(30)23-26-25-22(18-8-5-11-31-18)28(23)17-7-4-3-6-15(17)2/h3-13,21,30H,1-2H3. The van der Waals surface area contributed by atoms with E-state index in [0.717, 1.165) is 27.5 Å². The maximum absolute atomic E-state index is 12.7. The van der Waals surface area contributed by atoms with E-state index in [0.29, 0.717) is 17.2 Å². The van der Waals surface area contributed by atoms with E-state index < -0.39 is 5.25 Å². The van der Waals surface area contributed by atoms with E-state index >= 15 is 0 Å². The normalized spacial score (nSPS) is 12.4. The van der Waals surface area contributed by atoms with E-state index in [1.165, 1.54) is 6.07 Å². The molecule has 0 saturated heterocycles. The number of para-hydroxylation sites is 1. The van der Waals surface area contributed by atoms with Gasteiger partial charge in [-0.1, -0.05) is 30.3 Å². The first-order chi connectivity index (χ1) is 15.0. The smallest absolute Gasteiger partial charge is 0.258 e. The number of nitrogens with zero attached hydrogens (tertiary/aromatic N) is 5. The van der Waals surface area contributed by atoms with Gasteiger partial charge < -0.3 is 0 Å². The summed E-state index contributed by atoms with van der Waals surface area (Å²) in [5.41, 5.74) is 4.02. The van der Waals surface area contributed by atoms with Gasteiger partial charge in [-0.15, -0.1) is 21.5 Å². The second kappa shape index (κ2) is 7.79. The van der Waals surface area contributed by atoms with Gasteiger partial charge in [0.1, 0.15) is 10.9 Å². The summed E-state index contributed by atoms with van der Waals surface area (Å²) in [7, 11) is 0. The third-order valence-corrected chi connectivity index (χ3v) is 6.50. The van der Waals surface area contributed by atoms with Gasteiger partial charge in [-0.2, -0.15) is 12.6 Å². The number of thiol groups is 1. The van der Waals surface area contributed by atoms with E-state index in [9.17, 15) is 4.79 Å². The van der Waals surface area contributed by atoms with Crippen molar-refractivity contribution in [1.29, 1.82) is 0 Å². The van der Waals surface area contributed by atoms with Gasteiger partial charge in [-0.05, 0) is 48.6 Å². The van der Waals surface area contributed by atoms with Gasteiger partial charge in [0.2, 0.25) is 0 Å². The number of pyridine rings is 1. The van der Waals surface area contributed by atoms with E-state index in [-0.39, 0.29) is 5.56 Å². The number of rotatable bonds is 4. The van der Waals surface area contributed by atoms with Crippen LogP contribution in [0.2, 0.25) is 0 Å². The van der Waals surface area contributed by atoms with Crippen LogP contribution in [0.1, 0.15) is 27.9 Å². The molecule has 0 bridgehead atoms. The molecule has 0 N–H and O–H groups in total. The number of fused-ring (bicyclic) bond motifs is 1. The predicted molar refractivity (Wildman–Crippen MR) is 126 cm³/mol. The summed E-state index contributed by atoms with van der Waals surface area (Å²) in [5.74, 6) is 1.36. The maximum Gasteiger partial charge on any atom is 0.258 e. The summed E-state index contributed by atoms with van der Waals surface area (Å²) in [6.45, 7) is 3.99. The van der Waals surface area contributed by atoms with Crippen LogP contribution < -0.4 is 5.56 Å². The summed E-state index contributed by atoms with van der Waals surface area (Å²) in [5, 5.41) is 10.5. The molecule has 4 aromatic heterocycles. The predicted octanol–water partition coefficient (Wildman–Crippen LogP) is 4.64. The zero-order valence-electron chi connectivity index (χ0n) is 16.9. The lowest BCUT2D eigenvalue weighted by atomic mass is 10.2. The molecule has 154 valence electrons. The lowest BCUT2D eigenvalue weighted by Crippen LogP contribution is -2.17. The molecular weight excluding hydrogens is 426 g/mol. The topological polar surface area (TPSA) is 65.1 Å². The molecule has 0 radical (unpaired) electrons. The summed E-state index contributed by atoms with van der Waals surface area (Å²) in [6, 6.07) is 17.4. The van der Waals surface area contributed by atoms with E-state index in [2.05, 4.69) is 10.2 Å². The fourth-order valence-electron chi connectivity index (χ4n) is 3.59. The Morgan fingerprint density at radius 2 is 1.87 bits per heavy atom. The summed E-state index contributed by atoms with van der Waals surface area (Å²) >= 11 is 6.44. The molecule has 0 aliphatic rings. The Morgan fingerprint density at radius 1 is 1.03 bits per heavy atom. The van der Waals surface area contributed by atoms with Crippen LogP contribution in [0.15, 0.2) is 71.0 Å². The van der Waals surface area contributed by atoms with Gasteiger partial charge in [0.25, 0.3) is 5.56 Å². The van der Waals surface area contributed by atoms with Gasteiger partial charge in [-0.3, -0.25) is 13.8 Å². The van der Waals surface area contributed by atoms with Crippen molar-refractivity contribution in [3.8, 4) is 16.4 Å². The van der Waals surface area contributed by atoms with Crippen molar-refractivity contribution in [2.75, 3.05) is 0 Å². The van der Waals surface area contributed by atoms with Crippen molar-refractivity contribution >= 4 is 29.6 Å². The Kier molecular flexibility index (Phi) is 4.95. The highest BCUT2D eigenvalue weighted by Crippen LogP contribution is 2.33. The Labute approximate surface area is 188 Å². The van der Waals surface area contributed by atoms with E-state index in [1.54, 1.807) is 21.9 Å². The number of aryl methyl sites for hydroxylation is 2. The number of hydrogen-bond donors (Lipinski definition) is 1. The third kappa shape index (κ3) is 3.47. The fraction of sp³-hybridized carbons (Fsp3) is 0.130. The van der Waals surface area contributed by atoms with Crippen LogP contribution in [0.4, 0.5) is 0 Å².